The lowest BCUT2D eigenvalue weighted by atomic mass is 10.0. The quantitative estimate of drug-likeness (QED) is 0.346. The Morgan fingerprint density at radius 3 is 2.05 bits per heavy atom. The van der Waals surface area contributed by atoms with E-state index in [9.17, 15) is 9.59 Å². The van der Waals surface area contributed by atoms with Crippen LogP contribution in [0.1, 0.15) is 85.0 Å². The fraction of sp³-hybridized carbons (Fsp3) is 0.889. The molecule has 0 spiro atoms. The standard InChI is InChI=1S/C18H34O4/c1-4-7-9-10-14-21-17(19)12-13-18(20)22-15-16(6-3)11-8-5-2/h16H,4-15H2,1-3H3. The van der Waals surface area contributed by atoms with Crippen LogP contribution in [-0.2, 0) is 19.1 Å². The minimum atomic E-state index is -0.300. The third-order valence-corrected chi connectivity index (χ3v) is 3.82. The van der Waals surface area contributed by atoms with Gasteiger partial charge < -0.3 is 9.47 Å². The molecule has 0 aromatic rings. The number of carbonyl (C=O) groups is 2. The van der Waals surface area contributed by atoms with Crippen LogP contribution < -0.4 is 0 Å². The van der Waals surface area contributed by atoms with Gasteiger partial charge in [-0.2, -0.15) is 0 Å². The van der Waals surface area contributed by atoms with Crippen LogP contribution in [0.5, 0.6) is 0 Å². The van der Waals surface area contributed by atoms with E-state index in [2.05, 4.69) is 20.8 Å². The van der Waals surface area contributed by atoms with E-state index in [-0.39, 0.29) is 24.8 Å². The van der Waals surface area contributed by atoms with Gasteiger partial charge in [-0.1, -0.05) is 59.3 Å². The second-order valence-corrected chi connectivity index (χ2v) is 5.88. The molecule has 22 heavy (non-hydrogen) atoms. The van der Waals surface area contributed by atoms with Gasteiger partial charge in [-0.05, 0) is 18.8 Å². The van der Waals surface area contributed by atoms with Crippen molar-refractivity contribution in [2.24, 2.45) is 5.92 Å². The van der Waals surface area contributed by atoms with Gasteiger partial charge in [0.15, 0.2) is 0 Å². The van der Waals surface area contributed by atoms with Gasteiger partial charge in [0.05, 0.1) is 26.1 Å². The van der Waals surface area contributed by atoms with E-state index in [4.69, 9.17) is 9.47 Å². The third-order valence-electron chi connectivity index (χ3n) is 3.82. The average Bonchev–Trinajstić information content (AvgIpc) is 2.53. The van der Waals surface area contributed by atoms with Crippen molar-refractivity contribution in [3.05, 3.63) is 0 Å². The van der Waals surface area contributed by atoms with Crippen molar-refractivity contribution in [3.63, 3.8) is 0 Å². The first kappa shape index (κ1) is 20.9. The number of hydrogen-bond donors (Lipinski definition) is 0. The van der Waals surface area contributed by atoms with Crippen molar-refractivity contribution in [2.75, 3.05) is 13.2 Å². The van der Waals surface area contributed by atoms with Crippen LogP contribution in [0.4, 0.5) is 0 Å². The number of carbonyl (C=O) groups excluding carboxylic acids is 2. The van der Waals surface area contributed by atoms with Crippen LogP contribution in [0, 0.1) is 5.92 Å². The number of hydrogen-bond acceptors (Lipinski definition) is 4. The summed E-state index contributed by atoms with van der Waals surface area (Å²) in [7, 11) is 0. The van der Waals surface area contributed by atoms with Gasteiger partial charge in [-0.25, -0.2) is 0 Å². The minimum Gasteiger partial charge on any atom is -0.466 e. The molecule has 1 atom stereocenters. The summed E-state index contributed by atoms with van der Waals surface area (Å²) < 4.78 is 10.3. The van der Waals surface area contributed by atoms with Gasteiger partial charge in [-0.3, -0.25) is 9.59 Å². The smallest absolute Gasteiger partial charge is 0.306 e. The highest BCUT2D eigenvalue weighted by Gasteiger charge is 2.12. The Bertz CT molecular complexity index is 289. The molecule has 0 N–H and O–H groups in total. The summed E-state index contributed by atoms with van der Waals surface area (Å²) in [6, 6.07) is 0. The van der Waals surface area contributed by atoms with Crippen LogP contribution in [-0.4, -0.2) is 25.2 Å². The van der Waals surface area contributed by atoms with Crippen molar-refractivity contribution < 1.29 is 19.1 Å². The molecule has 1 unspecified atom stereocenters. The molecule has 0 radical (unpaired) electrons. The molecule has 0 aromatic carbocycles. The maximum atomic E-state index is 11.6. The molecule has 0 aliphatic rings. The predicted octanol–water partition coefficient (Wildman–Crippen LogP) is 4.65. The Morgan fingerprint density at radius 1 is 0.818 bits per heavy atom. The SMILES string of the molecule is CCCCCCOC(=O)CCC(=O)OCC(CC)CCCC. The highest BCUT2D eigenvalue weighted by Crippen LogP contribution is 2.13. The minimum absolute atomic E-state index is 0.123. The zero-order chi connectivity index (χ0) is 16.6. The molecule has 0 amide bonds. The molecular weight excluding hydrogens is 280 g/mol. The highest BCUT2D eigenvalue weighted by molar-refractivity contribution is 5.77. The lowest BCUT2D eigenvalue weighted by Gasteiger charge is -2.14. The zero-order valence-corrected chi connectivity index (χ0v) is 14.7. The highest BCUT2D eigenvalue weighted by atomic mass is 16.5. The van der Waals surface area contributed by atoms with E-state index in [0.29, 0.717) is 19.1 Å². The average molecular weight is 314 g/mol. The van der Waals surface area contributed by atoms with E-state index < -0.39 is 0 Å². The Kier molecular flexibility index (Phi) is 14.1. The molecular formula is C18H34O4. The Hall–Kier alpha value is -1.06. The van der Waals surface area contributed by atoms with Crippen LogP contribution in [0.15, 0.2) is 0 Å². The number of ether oxygens (including phenoxy) is 2. The summed E-state index contributed by atoms with van der Waals surface area (Å²) in [5.41, 5.74) is 0. The second kappa shape index (κ2) is 14.9. The number of rotatable bonds is 14. The van der Waals surface area contributed by atoms with Crippen molar-refractivity contribution >= 4 is 11.9 Å². The molecule has 4 heteroatoms. The largest absolute Gasteiger partial charge is 0.466 e. The molecule has 0 fully saturated rings. The molecule has 130 valence electrons. The summed E-state index contributed by atoms with van der Waals surface area (Å²) in [5, 5.41) is 0. The van der Waals surface area contributed by atoms with Gasteiger partial charge in [0.25, 0.3) is 0 Å². The molecule has 0 saturated carbocycles. The van der Waals surface area contributed by atoms with E-state index in [1.807, 2.05) is 0 Å². The molecule has 0 aliphatic carbocycles. The van der Waals surface area contributed by atoms with E-state index in [0.717, 1.165) is 38.5 Å². The first-order valence-corrected chi connectivity index (χ1v) is 8.95. The Labute approximate surface area is 135 Å². The summed E-state index contributed by atoms with van der Waals surface area (Å²) in [5.74, 6) is -0.154. The molecule has 0 aromatic heterocycles. The fourth-order valence-electron chi connectivity index (χ4n) is 2.17. The van der Waals surface area contributed by atoms with E-state index in [1.165, 1.54) is 12.8 Å². The Balaban J connectivity index is 3.64. The maximum Gasteiger partial charge on any atom is 0.306 e. The normalized spacial score (nSPS) is 12.0. The first-order chi connectivity index (χ1) is 10.6. The van der Waals surface area contributed by atoms with E-state index in [1.54, 1.807) is 0 Å². The molecule has 4 nitrogen and oxygen atoms in total. The van der Waals surface area contributed by atoms with Crippen molar-refractivity contribution in [2.45, 2.75) is 85.0 Å². The van der Waals surface area contributed by atoms with Crippen molar-refractivity contribution in [1.29, 1.82) is 0 Å². The first-order valence-electron chi connectivity index (χ1n) is 8.95. The van der Waals surface area contributed by atoms with Gasteiger partial charge in [0, 0.05) is 0 Å². The molecule has 0 rings (SSSR count). The fourth-order valence-corrected chi connectivity index (χ4v) is 2.17. The van der Waals surface area contributed by atoms with Crippen LogP contribution >= 0.6 is 0 Å². The van der Waals surface area contributed by atoms with Crippen LogP contribution in [0.2, 0.25) is 0 Å². The second-order valence-electron chi connectivity index (χ2n) is 5.88. The van der Waals surface area contributed by atoms with E-state index >= 15 is 0 Å². The van der Waals surface area contributed by atoms with Crippen LogP contribution in [0.25, 0.3) is 0 Å². The molecule has 0 saturated heterocycles. The van der Waals surface area contributed by atoms with Crippen LogP contribution in [0.3, 0.4) is 0 Å². The topological polar surface area (TPSA) is 52.6 Å². The van der Waals surface area contributed by atoms with Gasteiger partial charge >= 0.3 is 11.9 Å². The number of esters is 2. The summed E-state index contributed by atoms with van der Waals surface area (Å²) in [4.78, 5) is 23.1. The summed E-state index contributed by atoms with van der Waals surface area (Å²) >= 11 is 0. The van der Waals surface area contributed by atoms with Gasteiger partial charge in [0.2, 0.25) is 0 Å². The Morgan fingerprint density at radius 2 is 1.45 bits per heavy atom. The summed E-state index contributed by atoms with van der Waals surface area (Å²) in [6.07, 6.45) is 9.01. The van der Waals surface area contributed by atoms with Crippen molar-refractivity contribution in [1.82, 2.24) is 0 Å². The molecule has 0 heterocycles. The maximum absolute atomic E-state index is 11.6. The lowest BCUT2D eigenvalue weighted by Crippen LogP contribution is -2.15. The zero-order valence-electron chi connectivity index (χ0n) is 14.7. The molecule has 0 aliphatic heterocycles. The van der Waals surface area contributed by atoms with Gasteiger partial charge in [-0.15, -0.1) is 0 Å². The lowest BCUT2D eigenvalue weighted by molar-refractivity contribution is -0.151. The predicted molar refractivity (Wildman–Crippen MR) is 88.6 cm³/mol. The van der Waals surface area contributed by atoms with Gasteiger partial charge in [0.1, 0.15) is 0 Å². The monoisotopic (exact) mass is 314 g/mol. The van der Waals surface area contributed by atoms with Crippen molar-refractivity contribution in [3.8, 4) is 0 Å². The molecule has 0 bridgehead atoms. The summed E-state index contributed by atoms with van der Waals surface area (Å²) in [6.45, 7) is 7.35. The number of unbranched alkanes of at least 4 members (excludes halogenated alkanes) is 4. The third kappa shape index (κ3) is 12.7.